The van der Waals surface area contributed by atoms with E-state index in [2.05, 4.69) is 5.32 Å². The van der Waals surface area contributed by atoms with Crippen LogP contribution in [0.25, 0.3) is 0 Å². The van der Waals surface area contributed by atoms with Crippen LogP contribution in [0.2, 0.25) is 10.0 Å². The molecule has 2 amide bonds. The van der Waals surface area contributed by atoms with Gasteiger partial charge < -0.3 is 10.2 Å². The molecule has 4 nitrogen and oxygen atoms in total. The van der Waals surface area contributed by atoms with E-state index in [0.717, 1.165) is 31.3 Å². The van der Waals surface area contributed by atoms with Crippen molar-refractivity contribution in [2.45, 2.75) is 45.1 Å². The lowest BCUT2D eigenvalue weighted by Gasteiger charge is -2.34. The number of nitrogens with zero attached hydrogens (tertiary/aromatic N) is 1. The summed E-state index contributed by atoms with van der Waals surface area (Å²) in [6.07, 6.45) is 6.55. The molecule has 3 rings (SSSR count). The molecule has 1 aromatic carbocycles. The van der Waals surface area contributed by atoms with Crippen LogP contribution in [-0.2, 0) is 9.59 Å². The molecule has 1 aromatic rings. The number of piperidine rings is 1. The molecule has 1 heterocycles. The molecule has 6 heteroatoms. The zero-order chi connectivity index (χ0) is 18.0. The number of anilines is 1. The fourth-order valence-electron chi connectivity index (χ4n) is 3.21. The van der Waals surface area contributed by atoms with E-state index in [1.807, 2.05) is 6.92 Å². The number of benzene rings is 1. The van der Waals surface area contributed by atoms with Crippen LogP contribution >= 0.6 is 23.2 Å². The summed E-state index contributed by atoms with van der Waals surface area (Å²) in [4.78, 5) is 27.1. The van der Waals surface area contributed by atoms with Gasteiger partial charge in [0.05, 0.1) is 10.7 Å². The molecule has 134 valence electrons. The van der Waals surface area contributed by atoms with Gasteiger partial charge in [0.15, 0.2) is 0 Å². The molecular weight excluding hydrogens is 359 g/mol. The molecule has 1 atom stereocenters. The van der Waals surface area contributed by atoms with E-state index in [4.69, 9.17) is 23.2 Å². The fourth-order valence-corrected chi connectivity index (χ4v) is 3.66. The maximum absolute atomic E-state index is 12.7. The number of carbonyl (C=O) groups is 2. The smallest absolute Gasteiger partial charge is 0.247 e. The van der Waals surface area contributed by atoms with Crippen molar-refractivity contribution in [3.63, 3.8) is 0 Å². The monoisotopic (exact) mass is 380 g/mol. The topological polar surface area (TPSA) is 49.4 Å². The van der Waals surface area contributed by atoms with Gasteiger partial charge in [0, 0.05) is 17.6 Å². The lowest BCUT2D eigenvalue weighted by Crippen LogP contribution is -2.49. The SMILES string of the molecule is C/C(=C/C(=O)N1CCCCC1C(=O)Nc1ccc(Cl)cc1Cl)C1CC1. The molecule has 0 aromatic heterocycles. The van der Waals surface area contributed by atoms with E-state index in [1.54, 1.807) is 29.2 Å². The van der Waals surface area contributed by atoms with E-state index in [1.165, 1.54) is 0 Å². The maximum atomic E-state index is 12.7. The standard InChI is InChI=1S/C19H22Cl2N2O2/c1-12(13-5-6-13)10-18(24)23-9-3-2-4-17(23)19(25)22-16-8-7-14(20)11-15(16)21/h7-8,10-11,13,17H,2-6,9H2,1H3,(H,22,25)/b12-10-. The third-order valence-corrected chi connectivity index (χ3v) is 5.40. The number of hydrogen-bond donors (Lipinski definition) is 1. The molecule has 0 bridgehead atoms. The van der Waals surface area contributed by atoms with Crippen molar-refractivity contribution in [2.75, 3.05) is 11.9 Å². The Bertz CT molecular complexity index is 713. The highest BCUT2D eigenvalue weighted by Gasteiger charge is 2.32. The van der Waals surface area contributed by atoms with Gasteiger partial charge in [0.25, 0.3) is 0 Å². The summed E-state index contributed by atoms with van der Waals surface area (Å²) in [6, 6.07) is 4.48. The predicted molar refractivity (Wildman–Crippen MR) is 101 cm³/mol. The highest BCUT2D eigenvalue weighted by molar-refractivity contribution is 6.36. The summed E-state index contributed by atoms with van der Waals surface area (Å²) in [5.74, 6) is 0.287. The van der Waals surface area contributed by atoms with E-state index < -0.39 is 6.04 Å². The summed E-state index contributed by atoms with van der Waals surface area (Å²) in [6.45, 7) is 2.61. The number of amides is 2. The van der Waals surface area contributed by atoms with E-state index in [9.17, 15) is 9.59 Å². The van der Waals surface area contributed by atoms with Gasteiger partial charge in [-0.25, -0.2) is 0 Å². The van der Waals surface area contributed by atoms with E-state index in [0.29, 0.717) is 34.6 Å². The Balaban J connectivity index is 1.72. The van der Waals surface area contributed by atoms with Crippen LogP contribution in [0.5, 0.6) is 0 Å². The number of hydrogen-bond acceptors (Lipinski definition) is 2. The molecule has 1 N–H and O–H groups in total. The Morgan fingerprint density at radius 1 is 1.20 bits per heavy atom. The highest BCUT2D eigenvalue weighted by atomic mass is 35.5. The Kier molecular flexibility index (Phi) is 5.70. The molecule has 1 aliphatic carbocycles. The van der Waals surface area contributed by atoms with Crippen LogP contribution in [0, 0.1) is 5.92 Å². The summed E-state index contributed by atoms with van der Waals surface area (Å²) >= 11 is 12.0. The second-order valence-electron chi connectivity index (χ2n) is 6.82. The highest BCUT2D eigenvalue weighted by Crippen LogP contribution is 2.36. The first-order chi connectivity index (χ1) is 12.0. The number of nitrogens with one attached hydrogen (secondary N) is 1. The lowest BCUT2D eigenvalue weighted by atomic mass is 10.0. The van der Waals surface area contributed by atoms with Crippen molar-refractivity contribution >= 4 is 40.7 Å². The van der Waals surface area contributed by atoms with Gasteiger partial charge in [0.1, 0.15) is 6.04 Å². The first-order valence-electron chi connectivity index (χ1n) is 8.70. The van der Waals surface area contributed by atoms with Crippen LogP contribution in [-0.4, -0.2) is 29.3 Å². The predicted octanol–water partition coefficient (Wildman–Crippen LogP) is 4.67. The lowest BCUT2D eigenvalue weighted by molar-refractivity contribution is -0.136. The minimum atomic E-state index is -0.462. The third-order valence-electron chi connectivity index (χ3n) is 4.85. The van der Waals surface area contributed by atoms with Crippen molar-refractivity contribution in [2.24, 2.45) is 5.92 Å². The quantitative estimate of drug-likeness (QED) is 0.771. The summed E-state index contributed by atoms with van der Waals surface area (Å²) in [5.41, 5.74) is 1.63. The summed E-state index contributed by atoms with van der Waals surface area (Å²) in [5, 5.41) is 3.74. The second-order valence-corrected chi connectivity index (χ2v) is 7.66. The number of carbonyl (C=O) groups excluding carboxylic acids is 2. The zero-order valence-corrected chi connectivity index (χ0v) is 15.7. The van der Waals surface area contributed by atoms with Crippen LogP contribution in [0.15, 0.2) is 29.8 Å². The molecule has 25 heavy (non-hydrogen) atoms. The number of rotatable bonds is 4. The van der Waals surface area contributed by atoms with Crippen molar-refractivity contribution in [3.8, 4) is 0 Å². The minimum absolute atomic E-state index is 0.0635. The summed E-state index contributed by atoms with van der Waals surface area (Å²) in [7, 11) is 0. The van der Waals surface area contributed by atoms with Crippen molar-refractivity contribution < 1.29 is 9.59 Å². The third kappa shape index (κ3) is 4.56. The molecule has 1 saturated heterocycles. The molecule has 1 unspecified atom stereocenters. The van der Waals surface area contributed by atoms with Gasteiger partial charge in [-0.1, -0.05) is 28.8 Å². The second kappa shape index (κ2) is 7.79. The van der Waals surface area contributed by atoms with Crippen LogP contribution in [0.1, 0.15) is 39.0 Å². The van der Waals surface area contributed by atoms with Crippen molar-refractivity contribution in [3.05, 3.63) is 39.9 Å². The normalized spacial score (nSPS) is 21.2. The van der Waals surface area contributed by atoms with Crippen LogP contribution in [0.3, 0.4) is 0 Å². The molecule has 1 saturated carbocycles. The maximum Gasteiger partial charge on any atom is 0.247 e. The molecule has 0 spiro atoms. The number of likely N-dealkylation sites (tertiary alicyclic amines) is 1. The van der Waals surface area contributed by atoms with Gasteiger partial charge in [-0.05, 0) is 63.1 Å². The molecule has 2 fully saturated rings. The Hall–Kier alpha value is -1.52. The van der Waals surface area contributed by atoms with Gasteiger partial charge in [0.2, 0.25) is 11.8 Å². The molecule has 1 aliphatic heterocycles. The van der Waals surface area contributed by atoms with E-state index >= 15 is 0 Å². The van der Waals surface area contributed by atoms with Gasteiger partial charge >= 0.3 is 0 Å². The first kappa shape index (κ1) is 18.3. The minimum Gasteiger partial charge on any atom is -0.327 e. The first-order valence-corrected chi connectivity index (χ1v) is 9.46. The molecular formula is C19H22Cl2N2O2. The van der Waals surface area contributed by atoms with Gasteiger partial charge in [-0.3, -0.25) is 9.59 Å². The molecule has 2 aliphatic rings. The van der Waals surface area contributed by atoms with Crippen molar-refractivity contribution in [1.82, 2.24) is 4.90 Å². The van der Waals surface area contributed by atoms with E-state index in [-0.39, 0.29) is 11.8 Å². The average Bonchev–Trinajstić information content (AvgIpc) is 3.42. The van der Waals surface area contributed by atoms with Gasteiger partial charge in [-0.15, -0.1) is 0 Å². The van der Waals surface area contributed by atoms with Crippen LogP contribution in [0.4, 0.5) is 5.69 Å². The average molecular weight is 381 g/mol. The zero-order valence-electron chi connectivity index (χ0n) is 14.2. The number of halogens is 2. The van der Waals surface area contributed by atoms with Gasteiger partial charge in [-0.2, -0.15) is 0 Å². The molecule has 0 radical (unpaired) electrons. The Morgan fingerprint density at radius 3 is 2.64 bits per heavy atom. The Labute approximate surface area is 158 Å². The van der Waals surface area contributed by atoms with Crippen molar-refractivity contribution in [1.29, 1.82) is 0 Å². The fraction of sp³-hybridized carbons (Fsp3) is 0.474. The van der Waals surface area contributed by atoms with Crippen LogP contribution < -0.4 is 5.32 Å². The largest absolute Gasteiger partial charge is 0.327 e. The number of allylic oxidation sites excluding steroid dienone is 1. The summed E-state index contributed by atoms with van der Waals surface area (Å²) < 4.78 is 0. The Morgan fingerprint density at radius 2 is 1.96 bits per heavy atom.